The van der Waals surface area contributed by atoms with Gasteiger partial charge in [0.15, 0.2) is 11.4 Å². The largest absolute Gasteiger partial charge is 0.354 e. The topological polar surface area (TPSA) is 75.2 Å². The van der Waals surface area contributed by atoms with E-state index in [0.717, 1.165) is 55.5 Å². The number of nitrogens with one attached hydrogen (secondary N) is 1. The highest BCUT2D eigenvalue weighted by Crippen LogP contribution is 2.30. The van der Waals surface area contributed by atoms with Crippen LogP contribution in [0.25, 0.3) is 11.0 Å². The predicted octanol–water partition coefficient (Wildman–Crippen LogP) is 4.90. The summed E-state index contributed by atoms with van der Waals surface area (Å²) in [5.41, 5.74) is 4.04. The van der Waals surface area contributed by atoms with E-state index >= 15 is 0 Å². The number of carbonyl (C=O) groups excluding carboxylic acids is 2. The van der Waals surface area contributed by atoms with Gasteiger partial charge in [-0.2, -0.15) is 0 Å². The molecule has 30 heavy (non-hydrogen) atoms. The molecule has 154 valence electrons. The van der Waals surface area contributed by atoms with E-state index in [0.29, 0.717) is 22.5 Å². The molecule has 1 saturated heterocycles. The average molecular weight is 402 g/mol. The molecule has 1 amide bonds. The Balaban J connectivity index is 1.80. The fourth-order valence-corrected chi connectivity index (χ4v) is 3.87. The fraction of sp³-hybridized carbons (Fsp3) is 0.333. The van der Waals surface area contributed by atoms with E-state index in [4.69, 9.17) is 0 Å². The van der Waals surface area contributed by atoms with Crippen molar-refractivity contribution in [1.29, 1.82) is 0 Å². The smallest absolute Gasteiger partial charge is 0.257 e. The summed E-state index contributed by atoms with van der Waals surface area (Å²) in [5.74, 6) is -0.0199. The Labute approximate surface area is 176 Å². The molecule has 1 aliphatic rings. The molecular weight excluding hydrogens is 376 g/mol. The quantitative estimate of drug-likeness (QED) is 0.628. The highest BCUT2D eigenvalue weighted by Gasteiger charge is 2.23. The van der Waals surface area contributed by atoms with Crippen LogP contribution >= 0.6 is 0 Å². The number of fused-ring (bicyclic) bond motifs is 1. The van der Waals surface area contributed by atoms with Crippen molar-refractivity contribution in [2.75, 3.05) is 18.4 Å². The molecule has 0 aliphatic carbocycles. The van der Waals surface area contributed by atoms with Crippen LogP contribution in [0.2, 0.25) is 0 Å². The van der Waals surface area contributed by atoms with Gasteiger partial charge in [0.1, 0.15) is 0 Å². The Hall–Kier alpha value is -3.28. The maximum absolute atomic E-state index is 13.4. The third-order valence-electron chi connectivity index (χ3n) is 5.53. The number of rotatable bonds is 4. The second-order valence-corrected chi connectivity index (χ2v) is 7.84. The summed E-state index contributed by atoms with van der Waals surface area (Å²) in [7, 11) is 0. The lowest BCUT2D eigenvalue weighted by atomic mass is 10.1. The van der Waals surface area contributed by atoms with Crippen LogP contribution in [0.3, 0.4) is 0 Å². The zero-order valence-electron chi connectivity index (χ0n) is 17.4. The minimum Gasteiger partial charge on any atom is -0.354 e. The lowest BCUT2D eigenvalue weighted by Crippen LogP contribution is -2.32. The van der Waals surface area contributed by atoms with Crippen molar-refractivity contribution >= 4 is 34.1 Å². The van der Waals surface area contributed by atoms with Gasteiger partial charge in [0.05, 0.1) is 11.3 Å². The lowest BCUT2D eigenvalue weighted by molar-refractivity contribution is 0.0762. The third kappa shape index (κ3) is 4.17. The number of aromatic nitrogens is 2. The van der Waals surface area contributed by atoms with Crippen molar-refractivity contribution in [2.24, 2.45) is 0 Å². The Morgan fingerprint density at radius 3 is 2.53 bits per heavy atom. The molecule has 3 aromatic rings. The van der Waals surface area contributed by atoms with Crippen molar-refractivity contribution in [1.82, 2.24) is 14.9 Å². The summed E-state index contributed by atoms with van der Waals surface area (Å²) < 4.78 is 0. The first kappa shape index (κ1) is 20.0. The number of hydrogen-bond donors (Lipinski definition) is 1. The van der Waals surface area contributed by atoms with Crippen LogP contribution in [-0.4, -0.2) is 39.6 Å². The van der Waals surface area contributed by atoms with Crippen LogP contribution in [0.5, 0.6) is 0 Å². The average Bonchev–Trinajstić information content (AvgIpc) is 3.03. The standard InChI is InChI=1S/C24H26N4O2/c1-16-10-11-20-22(27-19-9-7-8-18(14-19)17(2)29)21(15-25-23(20)26-16)24(30)28-12-5-3-4-6-13-28/h7-11,14-15H,3-6,12-13H2,1-2H3,(H,25,26,27). The number of anilines is 2. The molecule has 1 fully saturated rings. The van der Waals surface area contributed by atoms with Gasteiger partial charge in [0, 0.05) is 41.6 Å². The highest BCUT2D eigenvalue weighted by molar-refractivity contribution is 6.07. The first-order valence-corrected chi connectivity index (χ1v) is 10.5. The van der Waals surface area contributed by atoms with E-state index in [2.05, 4.69) is 15.3 Å². The Morgan fingerprint density at radius 2 is 1.80 bits per heavy atom. The van der Waals surface area contributed by atoms with E-state index in [1.165, 1.54) is 0 Å². The van der Waals surface area contributed by atoms with E-state index in [-0.39, 0.29) is 11.7 Å². The minimum atomic E-state index is -0.0166. The van der Waals surface area contributed by atoms with Gasteiger partial charge in [-0.15, -0.1) is 0 Å². The molecule has 1 N–H and O–H groups in total. The molecule has 0 spiro atoms. The summed E-state index contributed by atoms with van der Waals surface area (Å²) in [5, 5.41) is 4.17. The summed E-state index contributed by atoms with van der Waals surface area (Å²) in [6.07, 6.45) is 5.99. The van der Waals surface area contributed by atoms with Crippen LogP contribution in [-0.2, 0) is 0 Å². The summed E-state index contributed by atoms with van der Waals surface area (Å²) in [4.78, 5) is 36.1. The number of aryl methyl sites for hydroxylation is 1. The van der Waals surface area contributed by atoms with Gasteiger partial charge in [0.2, 0.25) is 0 Å². The number of ketones is 1. The van der Waals surface area contributed by atoms with E-state index in [1.807, 2.05) is 36.1 Å². The van der Waals surface area contributed by atoms with E-state index in [9.17, 15) is 9.59 Å². The monoisotopic (exact) mass is 402 g/mol. The van der Waals surface area contributed by atoms with Gasteiger partial charge in [-0.05, 0) is 51.0 Å². The molecule has 3 heterocycles. The number of Topliss-reactive ketones (excluding diaryl/α,β-unsaturated/α-hetero) is 1. The Bertz CT molecular complexity index is 1100. The van der Waals surface area contributed by atoms with Gasteiger partial charge >= 0.3 is 0 Å². The summed E-state index contributed by atoms with van der Waals surface area (Å²) >= 11 is 0. The predicted molar refractivity (Wildman–Crippen MR) is 118 cm³/mol. The molecule has 2 aromatic heterocycles. The molecular formula is C24H26N4O2. The highest BCUT2D eigenvalue weighted by atomic mass is 16.2. The molecule has 4 rings (SSSR count). The maximum atomic E-state index is 13.4. The van der Waals surface area contributed by atoms with Crippen LogP contribution in [0.4, 0.5) is 11.4 Å². The van der Waals surface area contributed by atoms with Crippen molar-refractivity contribution < 1.29 is 9.59 Å². The van der Waals surface area contributed by atoms with Gasteiger partial charge in [-0.3, -0.25) is 9.59 Å². The van der Waals surface area contributed by atoms with Crippen molar-refractivity contribution in [3.05, 3.63) is 59.4 Å². The second-order valence-electron chi connectivity index (χ2n) is 7.84. The zero-order chi connectivity index (χ0) is 21.1. The normalized spacial score (nSPS) is 14.4. The number of amides is 1. The van der Waals surface area contributed by atoms with Crippen LogP contribution < -0.4 is 5.32 Å². The van der Waals surface area contributed by atoms with Gasteiger partial charge < -0.3 is 10.2 Å². The van der Waals surface area contributed by atoms with E-state index < -0.39 is 0 Å². The van der Waals surface area contributed by atoms with Crippen molar-refractivity contribution in [3.8, 4) is 0 Å². The van der Waals surface area contributed by atoms with Crippen molar-refractivity contribution in [2.45, 2.75) is 39.5 Å². The maximum Gasteiger partial charge on any atom is 0.257 e. The molecule has 1 aliphatic heterocycles. The number of carbonyl (C=O) groups is 2. The number of nitrogens with zero attached hydrogens (tertiary/aromatic N) is 3. The Kier molecular flexibility index (Phi) is 5.74. The van der Waals surface area contributed by atoms with Crippen LogP contribution in [0.15, 0.2) is 42.6 Å². The number of pyridine rings is 2. The SMILES string of the molecule is CC(=O)c1cccc(Nc2c(C(=O)N3CCCCCC3)cnc3nc(C)ccc23)c1. The Morgan fingerprint density at radius 1 is 1.03 bits per heavy atom. The molecule has 0 atom stereocenters. The van der Waals surface area contributed by atoms with Gasteiger partial charge in [0.25, 0.3) is 5.91 Å². The first-order chi connectivity index (χ1) is 14.5. The molecule has 1 aromatic carbocycles. The lowest BCUT2D eigenvalue weighted by Gasteiger charge is -2.22. The van der Waals surface area contributed by atoms with Crippen LogP contribution in [0, 0.1) is 6.92 Å². The van der Waals surface area contributed by atoms with Crippen molar-refractivity contribution in [3.63, 3.8) is 0 Å². The van der Waals surface area contributed by atoms with E-state index in [1.54, 1.807) is 25.3 Å². The second kappa shape index (κ2) is 8.61. The first-order valence-electron chi connectivity index (χ1n) is 10.5. The number of likely N-dealkylation sites (tertiary alicyclic amines) is 1. The fourth-order valence-electron chi connectivity index (χ4n) is 3.87. The molecule has 0 radical (unpaired) electrons. The molecule has 0 unspecified atom stereocenters. The summed E-state index contributed by atoms with van der Waals surface area (Å²) in [6.45, 7) is 4.99. The van der Waals surface area contributed by atoms with Gasteiger partial charge in [-0.1, -0.05) is 25.0 Å². The molecule has 0 saturated carbocycles. The third-order valence-corrected chi connectivity index (χ3v) is 5.53. The number of hydrogen-bond acceptors (Lipinski definition) is 5. The number of benzene rings is 1. The molecule has 6 nitrogen and oxygen atoms in total. The molecule has 0 bridgehead atoms. The van der Waals surface area contributed by atoms with Crippen LogP contribution in [0.1, 0.15) is 59.0 Å². The zero-order valence-corrected chi connectivity index (χ0v) is 17.4. The minimum absolute atomic E-state index is 0.00334. The summed E-state index contributed by atoms with van der Waals surface area (Å²) in [6, 6.07) is 11.2. The molecule has 6 heteroatoms. The van der Waals surface area contributed by atoms with Gasteiger partial charge in [-0.25, -0.2) is 9.97 Å².